The number of carbonyl (C=O) groups excluding carboxylic acids is 1. The largest absolute Gasteiger partial charge is 0.367 e. The van der Waals surface area contributed by atoms with Gasteiger partial charge in [-0.2, -0.15) is 0 Å². The van der Waals surface area contributed by atoms with Crippen molar-refractivity contribution < 1.29 is 14.1 Å². The third-order valence-corrected chi connectivity index (χ3v) is 4.51. The molecular weight excluding hydrogens is 308 g/mol. The Morgan fingerprint density at radius 3 is 2.79 bits per heavy atom. The zero-order valence-corrected chi connectivity index (χ0v) is 14.7. The summed E-state index contributed by atoms with van der Waals surface area (Å²) in [6, 6.07) is 0. The standard InChI is InChI=1S/C17H24N4O3/c1-11-9-20(4)17(18-11)15-10-21(7-8-23-15)16(22)6-5-14-12(2)19-24-13(14)3/h9,15H,5-8,10H2,1-4H3. The van der Waals surface area contributed by atoms with Gasteiger partial charge in [-0.1, -0.05) is 5.16 Å². The van der Waals surface area contributed by atoms with Crippen molar-refractivity contribution in [1.29, 1.82) is 0 Å². The molecule has 0 spiro atoms. The molecule has 1 amide bonds. The molecule has 1 aliphatic rings. The topological polar surface area (TPSA) is 73.4 Å². The van der Waals surface area contributed by atoms with Crippen LogP contribution < -0.4 is 0 Å². The van der Waals surface area contributed by atoms with Gasteiger partial charge in [0.1, 0.15) is 17.7 Å². The lowest BCUT2D eigenvalue weighted by atomic mass is 10.1. The summed E-state index contributed by atoms with van der Waals surface area (Å²) in [5, 5.41) is 3.94. The number of imidazole rings is 1. The lowest BCUT2D eigenvalue weighted by Gasteiger charge is -2.32. The average molecular weight is 332 g/mol. The van der Waals surface area contributed by atoms with Gasteiger partial charge in [-0.25, -0.2) is 4.98 Å². The average Bonchev–Trinajstić information content (AvgIpc) is 3.07. The molecule has 1 saturated heterocycles. The Morgan fingerprint density at radius 1 is 1.38 bits per heavy atom. The predicted molar refractivity (Wildman–Crippen MR) is 87.5 cm³/mol. The predicted octanol–water partition coefficient (Wildman–Crippen LogP) is 1.87. The van der Waals surface area contributed by atoms with Gasteiger partial charge in [0.15, 0.2) is 0 Å². The number of hydrogen-bond acceptors (Lipinski definition) is 5. The number of morpholine rings is 1. The minimum absolute atomic E-state index is 0.134. The van der Waals surface area contributed by atoms with E-state index in [4.69, 9.17) is 9.26 Å². The Kier molecular flexibility index (Phi) is 4.71. The Hall–Kier alpha value is -2.15. The van der Waals surface area contributed by atoms with Gasteiger partial charge >= 0.3 is 0 Å². The molecule has 0 saturated carbocycles. The third kappa shape index (κ3) is 3.36. The number of amides is 1. The van der Waals surface area contributed by atoms with Gasteiger partial charge in [0.2, 0.25) is 5.91 Å². The van der Waals surface area contributed by atoms with Crippen molar-refractivity contribution in [3.63, 3.8) is 0 Å². The van der Waals surface area contributed by atoms with Gasteiger partial charge in [-0.3, -0.25) is 4.79 Å². The third-order valence-electron chi connectivity index (χ3n) is 4.51. The van der Waals surface area contributed by atoms with E-state index in [1.54, 1.807) is 0 Å². The van der Waals surface area contributed by atoms with E-state index in [0.717, 1.165) is 28.5 Å². The maximum Gasteiger partial charge on any atom is 0.223 e. The van der Waals surface area contributed by atoms with E-state index in [1.807, 2.05) is 43.5 Å². The highest BCUT2D eigenvalue weighted by Crippen LogP contribution is 2.22. The lowest BCUT2D eigenvalue weighted by molar-refractivity contribution is -0.139. The summed E-state index contributed by atoms with van der Waals surface area (Å²) in [7, 11) is 1.96. The first-order valence-electron chi connectivity index (χ1n) is 8.26. The molecule has 130 valence electrons. The zero-order valence-electron chi connectivity index (χ0n) is 14.7. The van der Waals surface area contributed by atoms with Crippen LogP contribution >= 0.6 is 0 Å². The van der Waals surface area contributed by atoms with Crippen molar-refractivity contribution in [1.82, 2.24) is 19.6 Å². The molecule has 0 radical (unpaired) electrons. The lowest BCUT2D eigenvalue weighted by Crippen LogP contribution is -2.43. The normalized spacial score (nSPS) is 18.2. The molecule has 1 fully saturated rings. The summed E-state index contributed by atoms with van der Waals surface area (Å²) in [5.41, 5.74) is 2.86. The van der Waals surface area contributed by atoms with E-state index in [9.17, 15) is 4.79 Å². The molecule has 0 N–H and O–H groups in total. The maximum absolute atomic E-state index is 12.6. The Labute approximate surface area is 141 Å². The van der Waals surface area contributed by atoms with Crippen LogP contribution in [0.3, 0.4) is 0 Å². The highest BCUT2D eigenvalue weighted by atomic mass is 16.5. The van der Waals surface area contributed by atoms with E-state index in [0.29, 0.717) is 32.5 Å². The SMILES string of the molecule is Cc1cn(C)c(C2CN(C(=O)CCc3c(C)noc3C)CCO2)n1. The summed E-state index contributed by atoms with van der Waals surface area (Å²) in [4.78, 5) is 19.0. The molecule has 0 aliphatic carbocycles. The summed E-state index contributed by atoms with van der Waals surface area (Å²) < 4.78 is 13.0. The van der Waals surface area contributed by atoms with E-state index in [1.165, 1.54) is 0 Å². The van der Waals surface area contributed by atoms with Crippen molar-refractivity contribution in [2.24, 2.45) is 7.05 Å². The first kappa shape index (κ1) is 16.7. The first-order chi connectivity index (χ1) is 11.5. The summed E-state index contributed by atoms with van der Waals surface area (Å²) in [6.07, 6.45) is 2.91. The van der Waals surface area contributed by atoms with Crippen molar-refractivity contribution in [3.8, 4) is 0 Å². The van der Waals surface area contributed by atoms with E-state index >= 15 is 0 Å². The van der Waals surface area contributed by atoms with Gasteiger partial charge in [0.05, 0.1) is 24.5 Å². The van der Waals surface area contributed by atoms with Gasteiger partial charge < -0.3 is 18.7 Å². The molecule has 2 aromatic rings. The number of aryl methyl sites for hydroxylation is 4. The van der Waals surface area contributed by atoms with Gasteiger partial charge in [-0.15, -0.1) is 0 Å². The van der Waals surface area contributed by atoms with Gasteiger partial charge in [0, 0.05) is 31.8 Å². The number of ether oxygens (including phenoxy) is 1. The fourth-order valence-electron chi connectivity index (χ4n) is 3.21. The minimum atomic E-state index is -0.166. The van der Waals surface area contributed by atoms with Crippen LogP contribution in [0.1, 0.15) is 41.1 Å². The van der Waals surface area contributed by atoms with Crippen LogP contribution in [-0.4, -0.2) is 45.2 Å². The molecule has 0 aromatic carbocycles. The molecule has 3 rings (SSSR count). The first-order valence-corrected chi connectivity index (χ1v) is 8.26. The Bertz CT molecular complexity index is 715. The molecule has 2 aromatic heterocycles. The molecule has 0 bridgehead atoms. The Balaban J connectivity index is 1.62. The quantitative estimate of drug-likeness (QED) is 0.854. The molecule has 1 aliphatic heterocycles. The smallest absolute Gasteiger partial charge is 0.223 e. The molecule has 24 heavy (non-hydrogen) atoms. The van der Waals surface area contributed by atoms with Crippen molar-refractivity contribution >= 4 is 5.91 Å². The van der Waals surface area contributed by atoms with E-state index in [2.05, 4.69) is 10.1 Å². The van der Waals surface area contributed by atoms with E-state index < -0.39 is 0 Å². The molecule has 1 unspecified atom stereocenters. The van der Waals surface area contributed by atoms with Gasteiger partial charge in [-0.05, 0) is 27.2 Å². The second-order valence-electron chi connectivity index (χ2n) is 6.35. The van der Waals surface area contributed by atoms with E-state index in [-0.39, 0.29) is 12.0 Å². The summed E-state index contributed by atoms with van der Waals surface area (Å²) in [6.45, 7) is 7.45. The second kappa shape index (κ2) is 6.76. The van der Waals surface area contributed by atoms with Crippen LogP contribution in [-0.2, 0) is 23.0 Å². The minimum Gasteiger partial charge on any atom is -0.367 e. The number of hydrogen-bond donors (Lipinski definition) is 0. The molecule has 7 nitrogen and oxygen atoms in total. The second-order valence-corrected chi connectivity index (χ2v) is 6.35. The van der Waals surface area contributed by atoms with Crippen LogP contribution in [0, 0.1) is 20.8 Å². The van der Waals surface area contributed by atoms with Crippen LogP contribution in [0.5, 0.6) is 0 Å². The number of carbonyl (C=O) groups is 1. The highest BCUT2D eigenvalue weighted by Gasteiger charge is 2.28. The molecule has 1 atom stereocenters. The number of rotatable bonds is 4. The van der Waals surface area contributed by atoms with Crippen molar-refractivity contribution in [3.05, 3.63) is 34.7 Å². The highest BCUT2D eigenvalue weighted by molar-refractivity contribution is 5.76. The maximum atomic E-state index is 12.6. The zero-order chi connectivity index (χ0) is 17.3. The van der Waals surface area contributed by atoms with Crippen LogP contribution in [0.4, 0.5) is 0 Å². The molecule has 7 heteroatoms. The number of nitrogens with zero attached hydrogens (tertiary/aromatic N) is 4. The fraction of sp³-hybridized carbons (Fsp3) is 0.588. The number of aromatic nitrogens is 3. The van der Waals surface area contributed by atoms with Crippen LogP contribution in [0.2, 0.25) is 0 Å². The van der Waals surface area contributed by atoms with Crippen LogP contribution in [0.15, 0.2) is 10.7 Å². The molecular formula is C17H24N4O3. The summed E-state index contributed by atoms with van der Waals surface area (Å²) in [5.74, 6) is 1.80. The van der Waals surface area contributed by atoms with Crippen LogP contribution in [0.25, 0.3) is 0 Å². The fourth-order valence-corrected chi connectivity index (χ4v) is 3.21. The molecule has 3 heterocycles. The monoisotopic (exact) mass is 332 g/mol. The Morgan fingerprint density at radius 2 is 2.17 bits per heavy atom. The van der Waals surface area contributed by atoms with Crippen molar-refractivity contribution in [2.75, 3.05) is 19.7 Å². The van der Waals surface area contributed by atoms with Gasteiger partial charge in [0.25, 0.3) is 0 Å². The van der Waals surface area contributed by atoms with Crippen molar-refractivity contribution in [2.45, 2.75) is 39.7 Å². The summed E-state index contributed by atoms with van der Waals surface area (Å²) >= 11 is 0.